The summed E-state index contributed by atoms with van der Waals surface area (Å²) in [5.74, 6) is -0.787. The molecule has 1 atom stereocenters. The number of hydrogen-bond donors (Lipinski definition) is 0. The van der Waals surface area contributed by atoms with Crippen molar-refractivity contribution in [2.45, 2.75) is 37.9 Å². The second-order valence-electron chi connectivity index (χ2n) is 5.49. The average molecular weight is 266 g/mol. The fraction of sp³-hybridized carbons (Fsp3) is 0.714. The molecule has 1 unspecified atom stereocenters. The summed E-state index contributed by atoms with van der Waals surface area (Å²) in [5.41, 5.74) is 0.187. The Balaban J connectivity index is 1.95. The zero-order valence-electron chi connectivity index (χ0n) is 11.1. The Morgan fingerprint density at radius 1 is 1.26 bits per heavy atom. The molecule has 3 aliphatic rings. The van der Waals surface area contributed by atoms with E-state index >= 15 is 0 Å². The van der Waals surface area contributed by atoms with Crippen LogP contribution in [0.25, 0.3) is 0 Å². The van der Waals surface area contributed by atoms with Gasteiger partial charge >= 0.3 is 5.97 Å². The normalized spacial score (nSPS) is 32.9. The van der Waals surface area contributed by atoms with E-state index in [2.05, 4.69) is 0 Å². The molecule has 5 heteroatoms. The second-order valence-corrected chi connectivity index (χ2v) is 5.49. The number of ketones is 1. The number of hydrogen-bond acceptors (Lipinski definition) is 5. The summed E-state index contributed by atoms with van der Waals surface area (Å²) in [6.45, 7) is 1.15. The molecule has 3 rings (SSSR count). The van der Waals surface area contributed by atoms with E-state index in [1.54, 1.807) is 6.08 Å². The van der Waals surface area contributed by atoms with Gasteiger partial charge in [-0.3, -0.25) is 9.59 Å². The summed E-state index contributed by atoms with van der Waals surface area (Å²) in [6, 6.07) is 0. The summed E-state index contributed by atoms with van der Waals surface area (Å²) < 4.78 is 16.4. The van der Waals surface area contributed by atoms with E-state index in [0.29, 0.717) is 45.3 Å². The maximum absolute atomic E-state index is 12.2. The topological polar surface area (TPSA) is 61.8 Å². The third-order valence-electron chi connectivity index (χ3n) is 4.53. The Kier molecular flexibility index (Phi) is 2.98. The maximum Gasteiger partial charge on any atom is 0.315 e. The first-order valence-corrected chi connectivity index (χ1v) is 6.70. The number of ether oxygens (including phenoxy) is 3. The van der Waals surface area contributed by atoms with Gasteiger partial charge in [0, 0.05) is 19.3 Å². The third kappa shape index (κ3) is 1.92. The van der Waals surface area contributed by atoms with Gasteiger partial charge in [-0.1, -0.05) is 0 Å². The van der Waals surface area contributed by atoms with Gasteiger partial charge in [-0.2, -0.15) is 0 Å². The molecule has 0 bridgehead atoms. The third-order valence-corrected chi connectivity index (χ3v) is 4.53. The first-order chi connectivity index (χ1) is 9.10. The molecule has 0 aromatic heterocycles. The lowest BCUT2D eigenvalue weighted by molar-refractivity contribution is -0.185. The fourth-order valence-electron chi connectivity index (χ4n) is 3.46. The molecule has 1 saturated carbocycles. The Hall–Kier alpha value is -1.20. The smallest absolute Gasteiger partial charge is 0.315 e. The number of carbonyl (C=O) groups excluding carboxylic acids is 2. The molecule has 2 aliphatic carbocycles. The molecule has 0 amide bonds. The van der Waals surface area contributed by atoms with Crippen LogP contribution in [0, 0.1) is 5.41 Å². The predicted molar refractivity (Wildman–Crippen MR) is 65.3 cm³/mol. The van der Waals surface area contributed by atoms with Gasteiger partial charge in [-0.25, -0.2) is 0 Å². The van der Waals surface area contributed by atoms with Gasteiger partial charge in [-0.15, -0.1) is 0 Å². The van der Waals surface area contributed by atoms with Crippen molar-refractivity contribution in [2.24, 2.45) is 5.41 Å². The lowest BCUT2D eigenvalue weighted by Gasteiger charge is -2.45. The molecule has 0 aromatic rings. The van der Waals surface area contributed by atoms with Gasteiger partial charge in [0.15, 0.2) is 11.6 Å². The van der Waals surface area contributed by atoms with Crippen LogP contribution in [0.15, 0.2) is 11.6 Å². The van der Waals surface area contributed by atoms with Crippen LogP contribution >= 0.6 is 0 Å². The highest BCUT2D eigenvalue weighted by Crippen LogP contribution is 2.52. The minimum atomic E-state index is -0.636. The van der Waals surface area contributed by atoms with E-state index in [-0.39, 0.29) is 11.8 Å². The number of allylic oxidation sites excluding steroid dienone is 1. The largest absolute Gasteiger partial charge is 0.468 e. The molecule has 104 valence electrons. The molecular weight excluding hydrogens is 248 g/mol. The zero-order valence-corrected chi connectivity index (χ0v) is 11.1. The molecule has 1 saturated heterocycles. The number of esters is 1. The van der Waals surface area contributed by atoms with E-state index < -0.39 is 11.2 Å². The first kappa shape index (κ1) is 12.8. The molecule has 1 spiro atoms. The van der Waals surface area contributed by atoms with Crippen molar-refractivity contribution >= 4 is 11.8 Å². The van der Waals surface area contributed by atoms with Crippen molar-refractivity contribution in [1.29, 1.82) is 0 Å². The van der Waals surface area contributed by atoms with Gasteiger partial charge in [0.25, 0.3) is 0 Å². The van der Waals surface area contributed by atoms with Gasteiger partial charge in [-0.05, 0) is 24.5 Å². The second kappa shape index (κ2) is 4.42. The minimum absolute atomic E-state index is 0.0737. The van der Waals surface area contributed by atoms with E-state index in [1.807, 2.05) is 0 Å². The van der Waals surface area contributed by atoms with Crippen LogP contribution in [0.5, 0.6) is 0 Å². The molecule has 0 radical (unpaired) electrons. The maximum atomic E-state index is 12.2. The summed E-state index contributed by atoms with van der Waals surface area (Å²) in [7, 11) is 1.40. The quantitative estimate of drug-likeness (QED) is 0.671. The number of rotatable bonds is 1. The van der Waals surface area contributed by atoms with E-state index in [1.165, 1.54) is 7.11 Å². The van der Waals surface area contributed by atoms with Crippen molar-refractivity contribution in [3.8, 4) is 0 Å². The van der Waals surface area contributed by atoms with Crippen LogP contribution in [0.4, 0.5) is 0 Å². The number of methoxy groups -OCH3 is 1. The zero-order chi connectivity index (χ0) is 13.5. The summed E-state index contributed by atoms with van der Waals surface area (Å²) >= 11 is 0. The molecular formula is C14H18O5. The van der Waals surface area contributed by atoms with Gasteiger partial charge in [0.05, 0.1) is 25.7 Å². The van der Waals surface area contributed by atoms with E-state index in [0.717, 1.165) is 5.57 Å². The van der Waals surface area contributed by atoms with E-state index in [4.69, 9.17) is 14.2 Å². The molecule has 5 nitrogen and oxygen atoms in total. The number of carbonyl (C=O) groups is 2. The fourth-order valence-corrected chi connectivity index (χ4v) is 3.46. The molecule has 0 N–H and O–H groups in total. The lowest BCUT2D eigenvalue weighted by Crippen LogP contribution is -2.47. The van der Waals surface area contributed by atoms with Crippen molar-refractivity contribution in [3.63, 3.8) is 0 Å². The van der Waals surface area contributed by atoms with Crippen LogP contribution in [-0.4, -0.2) is 37.9 Å². The lowest BCUT2D eigenvalue weighted by atomic mass is 9.63. The first-order valence-electron chi connectivity index (χ1n) is 6.70. The standard InChI is InChI=1S/C14H18O5/c1-17-12(16)13-3-2-11(15)8-10(13)9-14(5-4-13)18-6-7-19-14/h8H,2-7,9H2,1H3. The average Bonchev–Trinajstić information content (AvgIpc) is 2.86. The van der Waals surface area contributed by atoms with Crippen LogP contribution in [0.2, 0.25) is 0 Å². The molecule has 1 heterocycles. The predicted octanol–water partition coefficient (Wildman–Crippen LogP) is 1.36. The van der Waals surface area contributed by atoms with Crippen molar-refractivity contribution < 1.29 is 23.8 Å². The van der Waals surface area contributed by atoms with E-state index in [9.17, 15) is 9.59 Å². The summed E-state index contributed by atoms with van der Waals surface area (Å²) in [5, 5.41) is 0. The molecule has 2 fully saturated rings. The highest BCUT2D eigenvalue weighted by Gasteiger charge is 2.54. The summed E-state index contributed by atoms with van der Waals surface area (Å²) in [6.07, 6.45) is 4.35. The molecule has 0 aromatic carbocycles. The Morgan fingerprint density at radius 2 is 2.00 bits per heavy atom. The van der Waals surface area contributed by atoms with Gasteiger partial charge < -0.3 is 14.2 Å². The highest BCUT2D eigenvalue weighted by atomic mass is 16.7. The monoisotopic (exact) mass is 266 g/mol. The van der Waals surface area contributed by atoms with Crippen molar-refractivity contribution in [1.82, 2.24) is 0 Å². The number of fused-ring (bicyclic) bond motifs is 1. The van der Waals surface area contributed by atoms with Crippen LogP contribution in [0.1, 0.15) is 32.1 Å². The van der Waals surface area contributed by atoms with Crippen LogP contribution in [0.3, 0.4) is 0 Å². The molecule has 19 heavy (non-hydrogen) atoms. The minimum Gasteiger partial charge on any atom is -0.468 e. The van der Waals surface area contributed by atoms with Crippen LogP contribution < -0.4 is 0 Å². The van der Waals surface area contributed by atoms with Crippen molar-refractivity contribution in [2.75, 3.05) is 20.3 Å². The van der Waals surface area contributed by atoms with Crippen LogP contribution in [-0.2, 0) is 23.8 Å². The summed E-state index contributed by atoms with van der Waals surface area (Å²) in [4.78, 5) is 23.8. The van der Waals surface area contributed by atoms with Gasteiger partial charge in [0.1, 0.15) is 0 Å². The highest BCUT2D eigenvalue weighted by molar-refractivity contribution is 5.95. The molecule has 1 aliphatic heterocycles. The Labute approximate surface area is 111 Å². The Morgan fingerprint density at radius 3 is 2.68 bits per heavy atom. The van der Waals surface area contributed by atoms with Crippen molar-refractivity contribution in [3.05, 3.63) is 11.6 Å². The van der Waals surface area contributed by atoms with Gasteiger partial charge in [0.2, 0.25) is 0 Å². The Bertz CT molecular complexity index is 447. The SMILES string of the molecule is COC(=O)C12CCC(=O)C=C1CC1(CC2)OCCO1.